The van der Waals surface area contributed by atoms with Crippen LogP contribution in [0, 0.1) is 5.92 Å². The number of benzene rings is 1. The van der Waals surface area contributed by atoms with Crippen LogP contribution in [0.4, 0.5) is 0 Å². The Morgan fingerprint density at radius 2 is 2.33 bits per heavy atom. The predicted octanol–water partition coefficient (Wildman–Crippen LogP) is 2.21. The Balaban J connectivity index is 1.56. The second-order valence-corrected chi connectivity index (χ2v) is 6.15. The number of rotatable bonds is 3. The Labute approximate surface area is 115 Å². The Morgan fingerprint density at radius 1 is 1.44 bits per heavy atom. The lowest BCUT2D eigenvalue weighted by Gasteiger charge is -2.19. The molecule has 1 amide bonds. The summed E-state index contributed by atoms with van der Waals surface area (Å²) < 4.78 is 1.05. The molecule has 2 bridgehead atoms. The lowest BCUT2D eigenvalue weighted by molar-refractivity contribution is -0.125. The van der Waals surface area contributed by atoms with E-state index in [4.69, 9.17) is 0 Å². The standard InChI is InChI=1S/C14H17BrN2O/c15-10-3-1-2-9(6-10)8-16-14(18)12-7-11-4-5-13(12)17-11/h1-3,6,11-13,17H,4-5,7-8H2,(H,16,18). The molecule has 0 aromatic heterocycles. The molecule has 3 nitrogen and oxygen atoms in total. The van der Waals surface area contributed by atoms with Gasteiger partial charge < -0.3 is 10.6 Å². The number of fused-ring (bicyclic) bond motifs is 2. The summed E-state index contributed by atoms with van der Waals surface area (Å²) in [5.74, 6) is 0.380. The minimum atomic E-state index is 0.177. The Kier molecular flexibility index (Phi) is 3.39. The quantitative estimate of drug-likeness (QED) is 0.899. The van der Waals surface area contributed by atoms with Gasteiger partial charge in [0.1, 0.15) is 0 Å². The van der Waals surface area contributed by atoms with Crippen LogP contribution in [-0.4, -0.2) is 18.0 Å². The number of hydrogen-bond donors (Lipinski definition) is 2. The monoisotopic (exact) mass is 308 g/mol. The van der Waals surface area contributed by atoms with E-state index in [2.05, 4.69) is 26.6 Å². The van der Waals surface area contributed by atoms with E-state index in [0.717, 1.165) is 22.9 Å². The molecule has 2 heterocycles. The predicted molar refractivity (Wildman–Crippen MR) is 74.0 cm³/mol. The second kappa shape index (κ2) is 5.02. The van der Waals surface area contributed by atoms with Crippen molar-refractivity contribution in [2.45, 2.75) is 37.9 Å². The van der Waals surface area contributed by atoms with Gasteiger partial charge in [-0.3, -0.25) is 4.79 Å². The first kappa shape index (κ1) is 12.2. The summed E-state index contributed by atoms with van der Waals surface area (Å²) in [6.45, 7) is 0.617. The zero-order valence-electron chi connectivity index (χ0n) is 10.2. The highest BCUT2D eigenvalue weighted by Crippen LogP contribution is 2.33. The van der Waals surface area contributed by atoms with Crippen LogP contribution in [0.25, 0.3) is 0 Å². The van der Waals surface area contributed by atoms with Crippen LogP contribution < -0.4 is 10.6 Å². The van der Waals surface area contributed by atoms with Crippen LogP contribution in [0.3, 0.4) is 0 Å². The third-order valence-corrected chi connectivity index (χ3v) is 4.49. The fourth-order valence-electron chi connectivity index (χ4n) is 3.08. The Morgan fingerprint density at radius 3 is 3.00 bits per heavy atom. The number of amides is 1. The van der Waals surface area contributed by atoms with Crippen LogP contribution in [0.5, 0.6) is 0 Å². The Hall–Kier alpha value is -0.870. The molecule has 2 saturated heterocycles. The molecule has 2 aliphatic rings. The summed E-state index contributed by atoms with van der Waals surface area (Å²) in [4.78, 5) is 12.1. The van der Waals surface area contributed by atoms with Crippen molar-refractivity contribution in [1.82, 2.24) is 10.6 Å². The molecule has 2 fully saturated rings. The summed E-state index contributed by atoms with van der Waals surface area (Å²) in [6, 6.07) is 9.05. The van der Waals surface area contributed by atoms with Crippen LogP contribution in [-0.2, 0) is 11.3 Å². The maximum absolute atomic E-state index is 12.1. The lowest BCUT2D eigenvalue weighted by Crippen LogP contribution is -2.37. The van der Waals surface area contributed by atoms with Crippen molar-refractivity contribution < 1.29 is 4.79 Å². The van der Waals surface area contributed by atoms with Gasteiger partial charge in [0.05, 0.1) is 5.92 Å². The van der Waals surface area contributed by atoms with E-state index in [0.29, 0.717) is 18.6 Å². The average Bonchev–Trinajstić information content (AvgIpc) is 2.98. The molecule has 3 unspecified atom stereocenters. The zero-order valence-corrected chi connectivity index (χ0v) is 11.7. The van der Waals surface area contributed by atoms with Crippen LogP contribution in [0.2, 0.25) is 0 Å². The SMILES string of the molecule is O=C(NCc1cccc(Br)c1)C1CC2CCC1N2. The number of nitrogens with one attached hydrogen (secondary N) is 2. The van der Waals surface area contributed by atoms with E-state index in [1.54, 1.807) is 0 Å². The minimum absolute atomic E-state index is 0.177. The maximum Gasteiger partial charge on any atom is 0.225 e. The van der Waals surface area contributed by atoms with Crippen LogP contribution in [0.15, 0.2) is 28.7 Å². The largest absolute Gasteiger partial charge is 0.352 e. The third kappa shape index (κ3) is 2.45. The van der Waals surface area contributed by atoms with E-state index in [-0.39, 0.29) is 11.8 Å². The summed E-state index contributed by atoms with van der Waals surface area (Å²) in [5.41, 5.74) is 1.13. The highest BCUT2D eigenvalue weighted by atomic mass is 79.9. The van der Waals surface area contributed by atoms with Crippen LogP contribution in [0.1, 0.15) is 24.8 Å². The zero-order chi connectivity index (χ0) is 12.5. The summed E-state index contributed by atoms with van der Waals surface area (Å²) in [5, 5.41) is 6.55. The molecule has 1 aromatic rings. The van der Waals surface area contributed by atoms with E-state index in [9.17, 15) is 4.79 Å². The highest BCUT2D eigenvalue weighted by molar-refractivity contribution is 9.10. The summed E-state index contributed by atoms with van der Waals surface area (Å²) >= 11 is 3.44. The number of carbonyl (C=O) groups is 1. The van der Waals surface area contributed by atoms with Gasteiger partial charge in [-0.15, -0.1) is 0 Å². The van der Waals surface area contributed by atoms with Gasteiger partial charge in [-0.25, -0.2) is 0 Å². The van der Waals surface area contributed by atoms with E-state index in [1.165, 1.54) is 6.42 Å². The fraction of sp³-hybridized carbons (Fsp3) is 0.500. The van der Waals surface area contributed by atoms with Gasteiger partial charge in [0.25, 0.3) is 0 Å². The van der Waals surface area contributed by atoms with Crippen molar-refractivity contribution in [3.63, 3.8) is 0 Å². The molecular weight excluding hydrogens is 292 g/mol. The smallest absolute Gasteiger partial charge is 0.225 e. The number of halogens is 1. The van der Waals surface area contributed by atoms with E-state index in [1.807, 2.05) is 24.3 Å². The second-order valence-electron chi connectivity index (χ2n) is 5.24. The molecule has 2 N–H and O–H groups in total. The lowest BCUT2D eigenvalue weighted by atomic mass is 9.88. The molecular formula is C14H17BrN2O. The first-order valence-electron chi connectivity index (χ1n) is 6.50. The number of carbonyl (C=O) groups excluding carboxylic acids is 1. The molecule has 96 valence electrons. The van der Waals surface area contributed by atoms with Crippen LogP contribution >= 0.6 is 15.9 Å². The molecule has 0 spiro atoms. The molecule has 2 aliphatic heterocycles. The molecule has 4 heteroatoms. The van der Waals surface area contributed by atoms with Gasteiger partial charge in [0.2, 0.25) is 5.91 Å². The minimum Gasteiger partial charge on any atom is -0.352 e. The van der Waals surface area contributed by atoms with E-state index < -0.39 is 0 Å². The van der Waals surface area contributed by atoms with Crippen molar-refractivity contribution in [3.05, 3.63) is 34.3 Å². The molecule has 18 heavy (non-hydrogen) atoms. The van der Waals surface area contributed by atoms with Crippen molar-refractivity contribution in [2.75, 3.05) is 0 Å². The highest BCUT2D eigenvalue weighted by Gasteiger charge is 2.42. The van der Waals surface area contributed by atoms with Crippen molar-refractivity contribution in [2.24, 2.45) is 5.92 Å². The molecule has 0 aliphatic carbocycles. The van der Waals surface area contributed by atoms with Crippen molar-refractivity contribution >= 4 is 21.8 Å². The Bertz CT molecular complexity index is 463. The van der Waals surface area contributed by atoms with Gasteiger partial charge in [-0.2, -0.15) is 0 Å². The number of hydrogen-bond acceptors (Lipinski definition) is 2. The molecule has 0 radical (unpaired) electrons. The van der Waals surface area contributed by atoms with E-state index >= 15 is 0 Å². The van der Waals surface area contributed by atoms with Gasteiger partial charge in [0, 0.05) is 23.1 Å². The normalized spacial score (nSPS) is 29.5. The van der Waals surface area contributed by atoms with Gasteiger partial charge in [-0.1, -0.05) is 28.1 Å². The van der Waals surface area contributed by atoms with Gasteiger partial charge in [0.15, 0.2) is 0 Å². The maximum atomic E-state index is 12.1. The van der Waals surface area contributed by atoms with Gasteiger partial charge >= 0.3 is 0 Å². The average molecular weight is 309 g/mol. The molecule has 3 rings (SSSR count). The first-order valence-corrected chi connectivity index (χ1v) is 7.30. The van der Waals surface area contributed by atoms with Gasteiger partial charge in [-0.05, 0) is 37.0 Å². The molecule has 3 atom stereocenters. The molecule has 0 saturated carbocycles. The van der Waals surface area contributed by atoms with Crippen molar-refractivity contribution in [1.29, 1.82) is 0 Å². The van der Waals surface area contributed by atoms with Crippen molar-refractivity contribution in [3.8, 4) is 0 Å². The molecule has 1 aromatic carbocycles. The summed E-state index contributed by atoms with van der Waals surface area (Å²) in [6.07, 6.45) is 3.40. The topological polar surface area (TPSA) is 41.1 Å². The third-order valence-electron chi connectivity index (χ3n) is 3.99. The fourth-order valence-corrected chi connectivity index (χ4v) is 3.53. The first-order chi connectivity index (χ1) is 8.72. The summed E-state index contributed by atoms with van der Waals surface area (Å²) in [7, 11) is 0.